The first-order valence-corrected chi connectivity index (χ1v) is 12.8. The summed E-state index contributed by atoms with van der Waals surface area (Å²) in [7, 11) is -0.611. The third-order valence-electron chi connectivity index (χ3n) is 6.09. The van der Waals surface area contributed by atoms with Gasteiger partial charge >= 0.3 is 0 Å². The van der Waals surface area contributed by atoms with Crippen molar-refractivity contribution in [3.05, 3.63) is 84.5 Å². The first kappa shape index (κ1) is 23.8. The molecule has 5 rings (SSSR count). The topological polar surface area (TPSA) is 81.5 Å². The average Bonchev–Trinajstić information content (AvgIpc) is 3.33. The number of allylic oxidation sites excluding steroid dienone is 1. The molecule has 0 fully saturated rings. The lowest BCUT2D eigenvalue weighted by atomic mass is 10.0. The van der Waals surface area contributed by atoms with E-state index in [1.807, 2.05) is 24.1 Å². The maximum absolute atomic E-state index is 14.1. The molecule has 0 saturated heterocycles. The largest absolute Gasteiger partial charge is 0.256 e. The molecule has 0 bridgehead atoms. The Balaban J connectivity index is 1.54. The minimum atomic E-state index is -3.60. The Kier molecular flexibility index (Phi) is 5.93. The summed E-state index contributed by atoms with van der Waals surface area (Å²) in [4.78, 5) is 4.70. The van der Waals surface area contributed by atoms with Gasteiger partial charge in [0.2, 0.25) is 10.0 Å². The number of rotatable bonds is 5. The summed E-state index contributed by atoms with van der Waals surface area (Å²) in [6, 6.07) is 12.7. The molecule has 36 heavy (non-hydrogen) atoms. The second-order valence-electron chi connectivity index (χ2n) is 8.79. The van der Waals surface area contributed by atoms with Gasteiger partial charge in [0.15, 0.2) is 0 Å². The minimum absolute atomic E-state index is 0.172. The van der Waals surface area contributed by atoms with Crippen molar-refractivity contribution in [3.63, 3.8) is 0 Å². The van der Waals surface area contributed by atoms with Crippen LogP contribution in [0.3, 0.4) is 0 Å². The molecule has 0 saturated carbocycles. The van der Waals surface area contributed by atoms with Crippen molar-refractivity contribution in [2.45, 2.75) is 24.3 Å². The maximum Gasteiger partial charge on any atom is 0.242 e. The number of hydrazone groups is 2. The number of anilines is 2. The van der Waals surface area contributed by atoms with Crippen LogP contribution in [0.4, 0.5) is 15.8 Å². The van der Waals surface area contributed by atoms with Gasteiger partial charge < -0.3 is 0 Å². The van der Waals surface area contributed by atoms with Gasteiger partial charge in [-0.15, -0.1) is 0 Å². The molecule has 2 aliphatic heterocycles. The quantitative estimate of drug-likeness (QED) is 0.513. The number of aromatic nitrogens is 1. The van der Waals surface area contributed by atoms with Crippen molar-refractivity contribution in [1.29, 1.82) is 0 Å². The van der Waals surface area contributed by atoms with Crippen molar-refractivity contribution in [2.75, 3.05) is 24.1 Å². The number of hydrogen-bond acceptors (Lipinski definition) is 7. The fourth-order valence-corrected chi connectivity index (χ4v) is 5.19. The third-order valence-corrected chi connectivity index (χ3v) is 7.90. The molecule has 3 aromatic rings. The zero-order chi connectivity index (χ0) is 25.6. The highest BCUT2D eigenvalue weighted by molar-refractivity contribution is 7.89. The van der Waals surface area contributed by atoms with Gasteiger partial charge in [-0.2, -0.15) is 10.2 Å². The van der Waals surface area contributed by atoms with E-state index >= 15 is 0 Å². The lowest BCUT2D eigenvalue weighted by molar-refractivity contribution is 0.521. The maximum atomic E-state index is 14.1. The van der Waals surface area contributed by atoms with Gasteiger partial charge in [-0.1, -0.05) is 12.6 Å². The van der Waals surface area contributed by atoms with Crippen LogP contribution in [0.2, 0.25) is 0 Å². The fourth-order valence-electron chi connectivity index (χ4n) is 4.25. The predicted octanol–water partition coefficient (Wildman–Crippen LogP) is 4.44. The first-order valence-electron chi connectivity index (χ1n) is 11.3. The molecule has 0 radical (unpaired) electrons. The van der Waals surface area contributed by atoms with Crippen molar-refractivity contribution >= 4 is 44.2 Å². The zero-order valence-corrected chi connectivity index (χ0v) is 20.9. The standard InChI is InChI=1S/C26H25FN6O2S/c1-17-11-13-32(20-6-5-7-21(16-20)36(34,35)31(3)4)30-26(17)24-10-12-28-33(24)25-14-18(2)29-23-9-8-19(27)15-22(23)25/h5-9,11-16,24H,1,10H2,2-4H3. The van der Waals surface area contributed by atoms with Gasteiger partial charge in [-0.25, -0.2) is 22.1 Å². The van der Waals surface area contributed by atoms with Crippen molar-refractivity contribution in [1.82, 2.24) is 9.29 Å². The molecule has 1 atom stereocenters. The number of aryl methyl sites for hydroxylation is 1. The van der Waals surface area contributed by atoms with Gasteiger partial charge in [0, 0.05) is 44.0 Å². The Labute approximate surface area is 209 Å². The van der Waals surface area contributed by atoms with Gasteiger partial charge in [0.1, 0.15) is 11.9 Å². The smallest absolute Gasteiger partial charge is 0.242 e. The molecule has 0 aliphatic carbocycles. The Morgan fingerprint density at radius 3 is 2.72 bits per heavy atom. The van der Waals surface area contributed by atoms with Gasteiger partial charge in [0.05, 0.1) is 27.5 Å². The molecular weight excluding hydrogens is 479 g/mol. The van der Waals surface area contributed by atoms with Crippen LogP contribution in [0.15, 0.2) is 88.1 Å². The second kappa shape index (κ2) is 8.96. The lowest BCUT2D eigenvalue weighted by Crippen LogP contribution is -2.37. The molecule has 8 nitrogen and oxygen atoms in total. The van der Waals surface area contributed by atoms with Crippen molar-refractivity contribution in [3.8, 4) is 0 Å². The molecule has 0 spiro atoms. The molecular formula is C26H25FN6O2S. The molecule has 2 aromatic carbocycles. The molecule has 1 unspecified atom stereocenters. The van der Waals surface area contributed by atoms with Crippen molar-refractivity contribution in [2.24, 2.45) is 10.2 Å². The summed E-state index contributed by atoms with van der Waals surface area (Å²) in [6.07, 6.45) is 5.96. The van der Waals surface area contributed by atoms with Crippen LogP contribution in [-0.2, 0) is 10.0 Å². The van der Waals surface area contributed by atoms with Crippen LogP contribution in [0.1, 0.15) is 12.1 Å². The predicted molar refractivity (Wildman–Crippen MR) is 141 cm³/mol. The van der Waals surface area contributed by atoms with E-state index in [0.29, 0.717) is 34.3 Å². The van der Waals surface area contributed by atoms with E-state index in [-0.39, 0.29) is 16.8 Å². The fraction of sp³-hybridized carbons (Fsp3) is 0.192. The number of benzene rings is 2. The van der Waals surface area contributed by atoms with E-state index in [2.05, 4.69) is 16.7 Å². The number of pyridine rings is 1. The van der Waals surface area contributed by atoms with Crippen LogP contribution < -0.4 is 10.0 Å². The summed E-state index contributed by atoms with van der Waals surface area (Å²) in [5.74, 6) is -0.352. The van der Waals surface area contributed by atoms with E-state index in [1.165, 1.54) is 30.5 Å². The van der Waals surface area contributed by atoms with Gasteiger partial charge in [-0.3, -0.25) is 9.99 Å². The summed E-state index contributed by atoms with van der Waals surface area (Å²) in [5, 5.41) is 13.5. The number of nitrogens with zero attached hydrogens (tertiary/aromatic N) is 6. The zero-order valence-electron chi connectivity index (χ0n) is 20.1. The SMILES string of the molecule is C=C1C=CN(c2cccc(S(=O)(=O)N(C)C)c2)N=C1C1CC=NN1c1cc(C)nc2ccc(F)cc12. The van der Waals surface area contributed by atoms with Crippen LogP contribution in [0, 0.1) is 12.7 Å². The molecule has 2 aliphatic rings. The summed E-state index contributed by atoms with van der Waals surface area (Å²) >= 11 is 0. The van der Waals surface area contributed by atoms with E-state index in [0.717, 1.165) is 11.4 Å². The number of hydrogen-bond donors (Lipinski definition) is 0. The highest BCUT2D eigenvalue weighted by Gasteiger charge is 2.32. The Morgan fingerprint density at radius 2 is 1.94 bits per heavy atom. The number of halogens is 1. The number of sulfonamides is 1. The Bertz CT molecular complexity index is 1580. The van der Waals surface area contributed by atoms with Crippen molar-refractivity contribution < 1.29 is 12.8 Å². The molecule has 0 amide bonds. The average molecular weight is 505 g/mol. The molecule has 0 N–H and O–H groups in total. The van der Waals surface area contributed by atoms with E-state index < -0.39 is 10.0 Å². The minimum Gasteiger partial charge on any atom is -0.256 e. The highest BCUT2D eigenvalue weighted by Crippen LogP contribution is 2.34. The van der Waals surface area contributed by atoms with Gasteiger partial charge in [-0.05, 0) is 61.0 Å². The van der Waals surface area contributed by atoms with Gasteiger partial charge in [0.25, 0.3) is 0 Å². The van der Waals surface area contributed by atoms with Crippen LogP contribution in [0.5, 0.6) is 0 Å². The highest BCUT2D eigenvalue weighted by atomic mass is 32.2. The van der Waals surface area contributed by atoms with Crippen LogP contribution >= 0.6 is 0 Å². The monoisotopic (exact) mass is 504 g/mol. The van der Waals surface area contributed by atoms with E-state index in [9.17, 15) is 12.8 Å². The lowest BCUT2D eigenvalue weighted by Gasteiger charge is -2.30. The molecule has 1 aromatic heterocycles. The molecule has 184 valence electrons. The first-order chi connectivity index (χ1) is 17.1. The van der Waals surface area contributed by atoms with E-state index in [1.54, 1.807) is 47.8 Å². The van der Waals surface area contributed by atoms with Crippen LogP contribution in [-0.4, -0.2) is 49.8 Å². The van der Waals surface area contributed by atoms with Crippen LogP contribution in [0.25, 0.3) is 10.9 Å². The number of fused-ring (bicyclic) bond motifs is 1. The Hall–Kier alpha value is -3.89. The second-order valence-corrected chi connectivity index (χ2v) is 10.9. The normalized spacial score (nSPS) is 18.0. The molecule has 3 heterocycles. The van der Waals surface area contributed by atoms with E-state index in [4.69, 9.17) is 5.10 Å². The summed E-state index contributed by atoms with van der Waals surface area (Å²) in [5.41, 5.74) is 4.18. The third kappa shape index (κ3) is 4.18. The summed E-state index contributed by atoms with van der Waals surface area (Å²) < 4.78 is 40.6. The summed E-state index contributed by atoms with van der Waals surface area (Å²) in [6.45, 7) is 6.06. The molecule has 10 heteroatoms. The Morgan fingerprint density at radius 1 is 1.14 bits per heavy atom.